The monoisotopic (exact) mass is 245 g/mol. The highest BCUT2D eigenvalue weighted by Crippen LogP contribution is 2.24. The number of benzene rings is 1. The van der Waals surface area contributed by atoms with Crippen LogP contribution in [-0.4, -0.2) is 19.7 Å². The number of nitrogens with zero attached hydrogens (tertiary/aromatic N) is 1. The molecule has 2 rings (SSSR count). The van der Waals surface area contributed by atoms with Crippen molar-refractivity contribution >= 4 is 5.69 Å². The van der Waals surface area contributed by atoms with E-state index < -0.39 is 0 Å². The third kappa shape index (κ3) is 3.14. The Labute approximate surface area is 108 Å². The van der Waals surface area contributed by atoms with Gasteiger partial charge < -0.3 is 15.8 Å². The first kappa shape index (κ1) is 12.7. The van der Waals surface area contributed by atoms with Crippen molar-refractivity contribution in [3.05, 3.63) is 23.8 Å². The Balaban J connectivity index is 1.86. The van der Waals surface area contributed by atoms with Crippen LogP contribution < -0.4 is 15.8 Å². The standard InChI is InChI=1S/C14H19N3O/c15-10-12-13(16)2-1-3-14(12)18-9-6-11-4-7-17-8-5-11/h1-3,11,17H,4-9,16H2. The molecule has 1 aliphatic rings. The van der Waals surface area contributed by atoms with Crippen molar-refractivity contribution in [3.63, 3.8) is 0 Å². The van der Waals surface area contributed by atoms with Gasteiger partial charge >= 0.3 is 0 Å². The predicted octanol–water partition coefficient (Wildman–Crippen LogP) is 1.91. The Morgan fingerprint density at radius 2 is 2.17 bits per heavy atom. The fourth-order valence-electron chi connectivity index (χ4n) is 2.29. The lowest BCUT2D eigenvalue weighted by Gasteiger charge is -2.22. The molecule has 3 N–H and O–H groups in total. The summed E-state index contributed by atoms with van der Waals surface area (Å²) in [6.45, 7) is 2.86. The molecule has 0 amide bonds. The Morgan fingerprint density at radius 1 is 1.39 bits per heavy atom. The maximum absolute atomic E-state index is 9.03. The first-order chi connectivity index (χ1) is 8.81. The quantitative estimate of drug-likeness (QED) is 0.795. The summed E-state index contributed by atoms with van der Waals surface area (Å²) in [6.07, 6.45) is 3.47. The number of hydrogen-bond acceptors (Lipinski definition) is 4. The van der Waals surface area contributed by atoms with Crippen molar-refractivity contribution in [2.75, 3.05) is 25.4 Å². The number of nitrogens with two attached hydrogens (primary N) is 1. The van der Waals surface area contributed by atoms with E-state index >= 15 is 0 Å². The highest BCUT2D eigenvalue weighted by molar-refractivity contribution is 5.60. The zero-order chi connectivity index (χ0) is 12.8. The summed E-state index contributed by atoms with van der Waals surface area (Å²) in [4.78, 5) is 0. The summed E-state index contributed by atoms with van der Waals surface area (Å²) in [5.74, 6) is 1.34. The number of nitrogens with one attached hydrogen (secondary N) is 1. The van der Waals surface area contributed by atoms with Gasteiger partial charge in [0.1, 0.15) is 17.4 Å². The van der Waals surface area contributed by atoms with Gasteiger partial charge in [-0.15, -0.1) is 0 Å². The topological polar surface area (TPSA) is 71.1 Å². The van der Waals surface area contributed by atoms with E-state index in [4.69, 9.17) is 15.7 Å². The van der Waals surface area contributed by atoms with Gasteiger partial charge in [-0.3, -0.25) is 0 Å². The summed E-state index contributed by atoms with van der Waals surface area (Å²) in [5.41, 5.74) is 6.67. The van der Waals surface area contributed by atoms with E-state index in [9.17, 15) is 0 Å². The lowest BCUT2D eigenvalue weighted by Crippen LogP contribution is -2.28. The summed E-state index contributed by atoms with van der Waals surface area (Å²) >= 11 is 0. The van der Waals surface area contributed by atoms with Crippen LogP contribution in [0, 0.1) is 17.2 Å². The first-order valence-corrected chi connectivity index (χ1v) is 6.43. The molecule has 0 aromatic heterocycles. The normalized spacial score (nSPS) is 16.2. The zero-order valence-electron chi connectivity index (χ0n) is 10.5. The lowest BCUT2D eigenvalue weighted by molar-refractivity contribution is 0.251. The minimum atomic E-state index is 0.447. The van der Waals surface area contributed by atoms with Gasteiger partial charge in [-0.1, -0.05) is 6.07 Å². The molecule has 4 heteroatoms. The summed E-state index contributed by atoms with van der Waals surface area (Å²) in [5, 5.41) is 12.4. The smallest absolute Gasteiger partial charge is 0.139 e. The van der Waals surface area contributed by atoms with Gasteiger partial charge in [0.05, 0.1) is 12.3 Å². The zero-order valence-corrected chi connectivity index (χ0v) is 10.5. The largest absolute Gasteiger partial charge is 0.492 e. The highest BCUT2D eigenvalue weighted by Gasteiger charge is 2.13. The number of anilines is 1. The molecule has 18 heavy (non-hydrogen) atoms. The van der Waals surface area contributed by atoms with Gasteiger partial charge in [0.15, 0.2) is 0 Å². The minimum absolute atomic E-state index is 0.447. The molecule has 0 aliphatic carbocycles. The van der Waals surface area contributed by atoms with Crippen molar-refractivity contribution in [1.82, 2.24) is 5.32 Å². The van der Waals surface area contributed by atoms with Crippen molar-refractivity contribution in [2.24, 2.45) is 5.92 Å². The van der Waals surface area contributed by atoms with Crippen LogP contribution in [0.3, 0.4) is 0 Å². The molecule has 1 saturated heterocycles. The number of nitriles is 1. The van der Waals surface area contributed by atoms with Crippen LogP contribution in [0.2, 0.25) is 0 Å². The van der Waals surface area contributed by atoms with E-state index in [0.29, 0.717) is 23.6 Å². The number of hydrogen-bond donors (Lipinski definition) is 2. The highest BCUT2D eigenvalue weighted by atomic mass is 16.5. The van der Waals surface area contributed by atoms with Crippen LogP contribution in [0.15, 0.2) is 18.2 Å². The molecule has 4 nitrogen and oxygen atoms in total. The van der Waals surface area contributed by atoms with Gasteiger partial charge in [-0.25, -0.2) is 0 Å². The van der Waals surface area contributed by atoms with Crippen LogP contribution in [-0.2, 0) is 0 Å². The van der Waals surface area contributed by atoms with Gasteiger partial charge in [-0.05, 0) is 50.4 Å². The molecule has 1 fully saturated rings. The molecule has 0 spiro atoms. The van der Waals surface area contributed by atoms with Gasteiger partial charge in [-0.2, -0.15) is 5.26 Å². The fraction of sp³-hybridized carbons (Fsp3) is 0.500. The first-order valence-electron chi connectivity index (χ1n) is 6.43. The van der Waals surface area contributed by atoms with Crippen molar-refractivity contribution in [1.29, 1.82) is 5.26 Å². The number of piperidine rings is 1. The maximum atomic E-state index is 9.03. The molecule has 0 atom stereocenters. The van der Waals surface area contributed by atoms with Gasteiger partial charge in [0, 0.05) is 0 Å². The Kier molecular flexibility index (Phi) is 4.43. The van der Waals surface area contributed by atoms with E-state index in [1.165, 1.54) is 12.8 Å². The third-order valence-electron chi connectivity index (χ3n) is 3.41. The molecule has 0 bridgehead atoms. The van der Waals surface area contributed by atoms with E-state index in [1.54, 1.807) is 12.1 Å². The number of nitrogen functional groups attached to an aromatic ring is 1. The van der Waals surface area contributed by atoms with E-state index in [0.717, 1.165) is 25.4 Å². The molecular formula is C14H19N3O. The van der Waals surface area contributed by atoms with E-state index in [1.807, 2.05) is 6.07 Å². The van der Waals surface area contributed by atoms with Crippen molar-refractivity contribution in [3.8, 4) is 11.8 Å². The predicted molar refractivity (Wildman–Crippen MR) is 71.3 cm³/mol. The molecule has 1 aromatic carbocycles. The molecule has 96 valence electrons. The van der Waals surface area contributed by atoms with Crippen molar-refractivity contribution < 1.29 is 4.74 Å². The molecular weight excluding hydrogens is 226 g/mol. The molecule has 1 aliphatic heterocycles. The summed E-state index contributed by atoms with van der Waals surface area (Å²) in [7, 11) is 0. The second kappa shape index (κ2) is 6.27. The Hall–Kier alpha value is -1.73. The van der Waals surface area contributed by atoms with Crippen LogP contribution in [0.5, 0.6) is 5.75 Å². The molecule has 0 unspecified atom stereocenters. The lowest BCUT2D eigenvalue weighted by atomic mass is 9.95. The SMILES string of the molecule is N#Cc1c(N)cccc1OCCC1CCNCC1. The number of ether oxygens (including phenoxy) is 1. The molecule has 0 radical (unpaired) electrons. The average molecular weight is 245 g/mol. The van der Waals surface area contributed by atoms with Gasteiger partial charge in [0.25, 0.3) is 0 Å². The number of rotatable bonds is 4. The van der Waals surface area contributed by atoms with E-state index in [2.05, 4.69) is 11.4 Å². The average Bonchev–Trinajstić information content (AvgIpc) is 2.40. The summed E-state index contributed by atoms with van der Waals surface area (Å²) in [6, 6.07) is 7.43. The van der Waals surface area contributed by atoms with E-state index in [-0.39, 0.29) is 0 Å². The summed E-state index contributed by atoms with van der Waals surface area (Å²) < 4.78 is 5.69. The van der Waals surface area contributed by atoms with Gasteiger partial charge in [0.2, 0.25) is 0 Å². The second-order valence-corrected chi connectivity index (χ2v) is 4.66. The molecule has 1 aromatic rings. The van der Waals surface area contributed by atoms with Crippen LogP contribution in [0.25, 0.3) is 0 Å². The Bertz CT molecular complexity index is 433. The Morgan fingerprint density at radius 3 is 2.89 bits per heavy atom. The van der Waals surface area contributed by atoms with Crippen LogP contribution in [0.1, 0.15) is 24.8 Å². The fourth-order valence-corrected chi connectivity index (χ4v) is 2.29. The molecule has 1 heterocycles. The van der Waals surface area contributed by atoms with Crippen LogP contribution in [0.4, 0.5) is 5.69 Å². The third-order valence-corrected chi connectivity index (χ3v) is 3.41. The van der Waals surface area contributed by atoms with Crippen molar-refractivity contribution in [2.45, 2.75) is 19.3 Å². The maximum Gasteiger partial charge on any atom is 0.139 e. The minimum Gasteiger partial charge on any atom is -0.492 e. The molecule has 0 saturated carbocycles. The second-order valence-electron chi connectivity index (χ2n) is 4.66. The van der Waals surface area contributed by atoms with Crippen LogP contribution >= 0.6 is 0 Å².